The minimum absolute atomic E-state index is 0.153. The number of benzene rings is 1. The Morgan fingerprint density at radius 3 is 2.93 bits per heavy atom. The van der Waals surface area contributed by atoms with Crippen LogP contribution < -0.4 is 15.6 Å². The molecule has 1 aliphatic heterocycles. The minimum atomic E-state index is -0.153. The number of carbonyl (C=O) groups excluding carboxylic acids is 1. The summed E-state index contributed by atoms with van der Waals surface area (Å²) in [6.45, 7) is 3.02. The molecule has 1 aromatic heterocycles. The molecule has 8 heteroatoms. The summed E-state index contributed by atoms with van der Waals surface area (Å²) in [6, 6.07) is 10.2. The van der Waals surface area contributed by atoms with E-state index in [0.717, 1.165) is 29.9 Å². The molecular weight excluding hydrogens is 376 g/mol. The fourth-order valence-corrected chi connectivity index (χ4v) is 3.88. The molecule has 1 aliphatic rings. The van der Waals surface area contributed by atoms with Crippen molar-refractivity contribution in [2.24, 2.45) is 0 Å². The standard InChI is InChI=1S/C20H28N4O3S/c1-4-7-14-10-15(22-21-14)12-24(2)20(25)17-11-16(27-23-17)13-26-18-8-5-6-9-19(18)28-3/h5-6,8-9,11,14-15,21-22H,4,7,10,12-13H2,1-3H3. The van der Waals surface area contributed by atoms with Gasteiger partial charge in [-0.2, -0.15) is 0 Å². The lowest BCUT2D eigenvalue weighted by Gasteiger charge is -2.19. The quantitative estimate of drug-likeness (QED) is 0.622. The highest BCUT2D eigenvalue weighted by Gasteiger charge is 2.26. The van der Waals surface area contributed by atoms with Crippen LogP contribution in [0.2, 0.25) is 0 Å². The molecule has 7 nitrogen and oxygen atoms in total. The lowest BCUT2D eigenvalue weighted by Crippen LogP contribution is -2.41. The highest BCUT2D eigenvalue weighted by molar-refractivity contribution is 7.98. The van der Waals surface area contributed by atoms with Gasteiger partial charge in [-0.25, -0.2) is 0 Å². The van der Waals surface area contributed by atoms with Gasteiger partial charge in [0.15, 0.2) is 11.5 Å². The molecule has 1 fully saturated rings. The van der Waals surface area contributed by atoms with Crippen LogP contribution >= 0.6 is 11.8 Å². The van der Waals surface area contributed by atoms with E-state index in [-0.39, 0.29) is 18.6 Å². The van der Waals surface area contributed by atoms with Crippen LogP contribution in [0.5, 0.6) is 5.75 Å². The average Bonchev–Trinajstić information content (AvgIpc) is 3.36. The molecule has 28 heavy (non-hydrogen) atoms. The van der Waals surface area contributed by atoms with Crippen LogP contribution in [0, 0.1) is 0 Å². The number of thioether (sulfide) groups is 1. The Kier molecular flexibility index (Phi) is 7.36. The normalized spacial score (nSPS) is 19.0. The van der Waals surface area contributed by atoms with E-state index in [1.54, 1.807) is 29.8 Å². The maximum atomic E-state index is 12.6. The molecule has 0 bridgehead atoms. The second-order valence-electron chi connectivity index (χ2n) is 7.01. The fraction of sp³-hybridized carbons (Fsp3) is 0.500. The zero-order valence-electron chi connectivity index (χ0n) is 16.6. The maximum absolute atomic E-state index is 12.6. The van der Waals surface area contributed by atoms with Crippen LogP contribution in [0.4, 0.5) is 0 Å². The van der Waals surface area contributed by atoms with Crippen molar-refractivity contribution in [2.45, 2.75) is 49.8 Å². The number of hydrazine groups is 1. The van der Waals surface area contributed by atoms with Gasteiger partial charge >= 0.3 is 0 Å². The van der Waals surface area contributed by atoms with Crippen molar-refractivity contribution in [1.82, 2.24) is 20.9 Å². The Bertz CT molecular complexity index is 782. The summed E-state index contributed by atoms with van der Waals surface area (Å²) >= 11 is 1.62. The molecule has 2 unspecified atom stereocenters. The lowest BCUT2D eigenvalue weighted by molar-refractivity contribution is 0.0772. The summed E-state index contributed by atoms with van der Waals surface area (Å²) in [7, 11) is 1.79. The molecule has 152 valence electrons. The van der Waals surface area contributed by atoms with Crippen LogP contribution in [0.3, 0.4) is 0 Å². The molecule has 1 saturated heterocycles. The number of para-hydroxylation sites is 1. The van der Waals surface area contributed by atoms with E-state index in [4.69, 9.17) is 9.26 Å². The van der Waals surface area contributed by atoms with Crippen molar-refractivity contribution in [3.8, 4) is 5.75 Å². The van der Waals surface area contributed by atoms with Crippen molar-refractivity contribution in [2.75, 3.05) is 19.8 Å². The third-order valence-electron chi connectivity index (χ3n) is 4.76. The molecule has 1 amide bonds. The van der Waals surface area contributed by atoms with Crippen molar-refractivity contribution >= 4 is 17.7 Å². The van der Waals surface area contributed by atoms with E-state index in [0.29, 0.717) is 24.0 Å². The molecule has 0 radical (unpaired) electrons. The number of aromatic nitrogens is 1. The number of nitrogens with one attached hydrogen (secondary N) is 2. The molecular formula is C20H28N4O3S. The average molecular weight is 405 g/mol. The predicted molar refractivity (Wildman–Crippen MR) is 109 cm³/mol. The van der Waals surface area contributed by atoms with Crippen LogP contribution in [-0.2, 0) is 6.61 Å². The Labute approximate surface area is 170 Å². The van der Waals surface area contributed by atoms with E-state index < -0.39 is 0 Å². The number of likely N-dealkylation sites (N-methyl/N-ethyl adjacent to an activating group) is 1. The third-order valence-corrected chi connectivity index (χ3v) is 5.53. The Morgan fingerprint density at radius 2 is 2.14 bits per heavy atom. The SMILES string of the molecule is CCCC1CC(CN(C)C(=O)c2cc(COc3ccccc3SC)on2)NN1. The van der Waals surface area contributed by atoms with Gasteiger partial charge in [0.1, 0.15) is 12.4 Å². The van der Waals surface area contributed by atoms with Crippen molar-refractivity contribution in [3.63, 3.8) is 0 Å². The first kappa shape index (κ1) is 20.7. The summed E-state index contributed by atoms with van der Waals surface area (Å²) in [5, 5.41) is 3.92. The third kappa shape index (κ3) is 5.27. The first-order valence-electron chi connectivity index (χ1n) is 9.58. The smallest absolute Gasteiger partial charge is 0.275 e. The zero-order chi connectivity index (χ0) is 19.9. The summed E-state index contributed by atoms with van der Waals surface area (Å²) in [5.74, 6) is 1.16. The van der Waals surface area contributed by atoms with E-state index in [2.05, 4.69) is 22.9 Å². The maximum Gasteiger partial charge on any atom is 0.275 e. The number of carbonyl (C=O) groups is 1. The van der Waals surface area contributed by atoms with Gasteiger partial charge in [-0.05, 0) is 31.2 Å². The lowest BCUT2D eigenvalue weighted by atomic mass is 10.1. The number of nitrogens with zero attached hydrogens (tertiary/aromatic N) is 2. The van der Waals surface area contributed by atoms with Gasteiger partial charge in [0.2, 0.25) is 0 Å². The number of amides is 1. The van der Waals surface area contributed by atoms with E-state index >= 15 is 0 Å². The van der Waals surface area contributed by atoms with E-state index in [1.165, 1.54) is 0 Å². The second-order valence-corrected chi connectivity index (χ2v) is 7.86. The Hall–Kier alpha value is -2.03. The second kappa shape index (κ2) is 9.95. The molecule has 0 spiro atoms. The van der Waals surface area contributed by atoms with Gasteiger partial charge in [-0.15, -0.1) is 11.8 Å². The minimum Gasteiger partial charge on any atom is -0.484 e. The predicted octanol–water partition coefficient (Wildman–Crippen LogP) is 3.08. The van der Waals surface area contributed by atoms with Gasteiger partial charge in [0.05, 0.1) is 0 Å². The molecule has 0 saturated carbocycles. The summed E-state index contributed by atoms with van der Waals surface area (Å²) in [4.78, 5) is 15.4. The molecule has 2 atom stereocenters. The Morgan fingerprint density at radius 1 is 1.36 bits per heavy atom. The molecule has 2 N–H and O–H groups in total. The molecule has 3 rings (SSSR count). The summed E-state index contributed by atoms with van der Waals surface area (Å²) in [5.41, 5.74) is 6.87. The first-order chi connectivity index (χ1) is 13.6. The van der Waals surface area contributed by atoms with Gasteiger partial charge < -0.3 is 14.2 Å². The van der Waals surface area contributed by atoms with Gasteiger partial charge in [0.25, 0.3) is 5.91 Å². The number of rotatable bonds is 9. The van der Waals surface area contributed by atoms with Crippen molar-refractivity contribution in [3.05, 3.63) is 41.8 Å². The van der Waals surface area contributed by atoms with Gasteiger partial charge in [-0.3, -0.25) is 15.6 Å². The van der Waals surface area contributed by atoms with E-state index in [9.17, 15) is 4.79 Å². The molecule has 0 aliphatic carbocycles. The van der Waals surface area contributed by atoms with Crippen molar-refractivity contribution < 1.29 is 14.1 Å². The first-order valence-corrected chi connectivity index (χ1v) is 10.8. The van der Waals surface area contributed by atoms with Crippen LogP contribution in [0.15, 0.2) is 39.8 Å². The monoisotopic (exact) mass is 404 g/mol. The fourth-order valence-electron chi connectivity index (χ4n) is 3.33. The number of hydrogen-bond donors (Lipinski definition) is 2. The molecule has 2 heterocycles. The largest absolute Gasteiger partial charge is 0.484 e. The molecule has 2 aromatic rings. The van der Waals surface area contributed by atoms with Crippen LogP contribution in [-0.4, -0.2) is 47.9 Å². The topological polar surface area (TPSA) is 79.6 Å². The van der Waals surface area contributed by atoms with Gasteiger partial charge in [-0.1, -0.05) is 30.6 Å². The Balaban J connectivity index is 1.52. The van der Waals surface area contributed by atoms with Crippen molar-refractivity contribution in [1.29, 1.82) is 0 Å². The van der Waals surface area contributed by atoms with E-state index in [1.807, 2.05) is 30.5 Å². The number of hydrogen-bond acceptors (Lipinski definition) is 7. The highest BCUT2D eigenvalue weighted by atomic mass is 32.2. The summed E-state index contributed by atoms with van der Waals surface area (Å²) < 4.78 is 11.1. The summed E-state index contributed by atoms with van der Waals surface area (Å²) in [6.07, 6.45) is 5.29. The van der Waals surface area contributed by atoms with Crippen LogP contribution in [0.1, 0.15) is 42.4 Å². The number of ether oxygens (including phenoxy) is 1. The van der Waals surface area contributed by atoms with Gasteiger partial charge in [0, 0.05) is 36.6 Å². The zero-order valence-corrected chi connectivity index (χ0v) is 17.4. The van der Waals surface area contributed by atoms with Crippen LogP contribution in [0.25, 0.3) is 0 Å². The molecule has 1 aromatic carbocycles. The highest BCUT2D eigenvalue weighted by Crippen LogP contribution is 2.27.